The van der Waals surface area contributed by atoms with E-state index in [4.69, 9.17) is 23.2 Å². The van der Waals surface area contributed by atoms with Crippen LogP contribution in [0.1, 0.15) is 11.1 Å². The molecule has 1 N–H and O–H groups in total. The Labute approximate surface area is 225 Å². The van der Waals surface area contributed by atoms with Gasteiger partial charge < -0.3 is 10.2 Å². The Balaban J connectivity index is 2.03. The number of anilines is 1. The normalized spacial score (nSPS) is 12.0. The highest BCUT2D eigenvalue weighted by Crippen LogP contribution is 2.28. The van der Waals surface area contributed by atoms with Gasteiger partial charge in [-0.1, -0.05) is 65.7 Å². The second-order valence-corrected chi connectivity index (χ2v) is 11.1. The van der Waals surface area contributed by atoms with Crippen molar-refractivity contribution < 1.29 is 22.4 Å². The molecular formula is C26H26Cl2FN3O4S. The van der Waals surface area contributed by atoms with E-state index in [0.29, 0.717) is 5.56 Å². The molecule has 0 aliphatic carbocycles. The number of likely N-dealkylation sites (N-methyl/N-ethyl adjacent to an activating group) is 1. The van der Waals surface area contributed by atoms with E-state index in [-0.39, 0.29) is 28.7 Å². The van der Waals surface area contributed by atoms with Crippen molar-refractivity contribution >= 4 is 50.7 Å². The van der Waals surface area contributed by atoms with Crippen molar-refractivity contribution in [1.29, 1.82) is 0 Å². The molecule has 0 radical (unpaired) electrons. The number of nitrogens with zero attached hydrogens (tertiary/aromatic N) is 2. The summed E-state index contributed by atoms with van der Waals surface area (Å²) in [6.07, 6.45) is 1.15. The molecule has 0 unspecified atom stereocenters. The molecule has 3 aromatic rings. The van der Waals surface area contributed by atoms with Gasteiger partial charge in [-0.2, -0.15) is 0 Å². The summed E-state index contributed by atoms with van der Waals surface area (Å²) in [7, 11) is -2.47. The molecule has 11 heteroatoms. The molecule has 0 fully saturated rings. The van der Waals surface area contributed by atoms with E-state index in [1.807, 2.05) is 30.3 Å². The molecule has 1 atom stereocenters. The lowest BCUT2D eigenvalue weighted by molar-refractivity contribution is -0.139. The van der Waals surface area contributed by atoms with Crippen LogP contribution in [0.4, 0.5) is 10.1 Å². The van der Waals surface area contributed by atoms with Crippen LogP contribution in [0.25, 0.3) is 0 Å². The Morgan fingerprint density at radius 2 is 1.59 bits per heavy atom. The molecule has 3 aromatic carbocycles. The first-order valence-electron chi connectivity index (χ1n) is 11.2. The van der Waals surface area contributed by atoms with Crippen molar-refractivity contribution in [2.45, 2.75) is 19.0 Å². The molecule has 0 aromatic heterocycles. The maximum absolute atomic E-state index is 13.8. The molecule has 0 bridgehead atoms. The van der Waals surface area contributed by atoms with Crippen molar-refractivity contribution in [3.8, 4) is 0 Å². The Bertz CT molecular complexity index is 1360. The quantitative estimate of drug-likeness (QED) is 0.397. The second kappa shape index (κ2) is 12.4. The Morgan fingerprint density at radius 3 is 2.16 bits per heavy atom. The summed E-state index contributed by atoms with van der Waals surface area (Å²) < 4.78 is 39.8. The first kappa shape index (κ1) is 28.4. The first-order valence-corrected chi connectivity index (χ1v) is 13.8. The number of benzene rings is 3. The zero-order valence-electron chi connectivity index (χ0n) is 20.2. The molecule has 196 valence electrons. The van der Waals surface area contributed by atoms with Gasteiger partial charge in [0.2, 0.25) is 21.8 Å². The van der Waals surface area contributed by atoms with E-state index in [9.17, 15) is 22.4 Å². The minimum atomic E-state index is -3.93. The average Bonchev–Trinajstić information content (AvgIpc) is 2.87. The summed E-state index contributed by atoms with van der Waals surface area (Å²) in [5.74, 6) is -1.51. The number of nitrogens with one attached hydrogen (secondary N) is 1. The minimum absolute atomic E-state index is 0.0526. The number of halogens is 3. The van der Waals surface area contributed by atoms with Crippen LogP contribution < -0.4 is 9.62 Å². The molecule has 0 aliphatic rings. The maximum atomic E-state index is 13.8. The molecule has 0 spiro atoms. The van der Waals surface area contributed by atoms with Gasteiger partial charge in [0.25, 0.3) is 0 Å². The molecular weight excluding hydrogens is 540 g/mol. The molecule has 37 heavy (non-hydrogen) atoms. The summed E-state index contributed by atoms with van der Waals surface area (Å²) >= 11 is 12.1. The van der Waals surface area contributed by atoms with Crippen LogP contribution in [0.3, 0.4) is 0 Å². The number of rotatable bonds is 10. The van der Waals surface area contributed by atoms with E-state index in [0.717, 1.165) is 16.1 Å². The fourth-order valence-corrected chi connectivity index (χ4v) is 4.89. The SMILES string of the molecule is CNC(=O)[C@H](Cc1ccccc1)N(Cc1ccc(F)cc1)C(=O)CN(c1ccc(Cl)c(Cl)c1)S(C)(=O)=O. The van der Waals surface area contributed by atoms with Crippen molar-refractivity contribution in [3.63, 3.8) is 0 Å². The largest absolute Gasteiger partial charge is 0.357 e. The van der Waals surface area contributed by atoms with Crippen LogP contribution in [0.15, 0.2) is 72.8 Å². The lowest BCUT2D eigenvalue weighted by atomic mass is 10.0. The van der Waals surface area contributed by atoms with Crippen LogP contribution in [-0.2, 0) is 32.6 Å². The molecule has 7 nitrogen and oxygen atoms in total. The van der Waals surface area contributed by atoms with Crippen molar-refractivity contribution in [2.75, 3.05) is 24.2 Å². The van der Waals surface area contributed by atoms with Gasteiger partial charge in [-0.25, -0.2) is 12.8 Å². The summed E-state index contributed by atoms with van der Waals surface area (Å²) in [5.41, 5.74) is 1.51. The smallest absolute Gasteiger partial charge is 0.244 e. The summed E-state index contributed by atoms with van der Waals surface area (Å²) in [6, 6.07) is 17.9. The fourth-order valence-electron chi connectivity index (χ4n) is 3.76. The summed E-state index contributed by atoms with van der Waals surface area (Å²) in [6.45, 7) is -0.650. The zero-order valence-corrected chi connectivity index (χ0v) is 22.5. The predicted molar refractivity (Wildman–Crippen MR) is 144 cm³/mol. The van der Waals surface area contributed by atoms with E-state index in [1.54, 1.807) is 0 Å². The highest BCUT2D eigenvalue weighted by molar-refractivity contribution is 7.92. The van der Waals surface area contributed by atoms with Crippen molar-refractivity contribution in [2.24, 2.45) is 0 Å². The van der Waals surface area contributed by atoms with Gasteiger partial charge in [-0.15, -0.1) is 0 Å². The Kier molecular flexibility index (Phi) is 9.53. The predicted octanol–water partition coefficient (Wildman–Crippen LogP) is 4.28. The molecule has 0 heterocycles. The third-order valence-corrected chi connectivity index (χ3v) is 7.53. The minimum Gasteiger partial charge on any atom is -0.357 e. The van der Waals surface area contributed by atoms with Gasteiger partial charge in [0.1, 0.15) is 18.4 Å². The van der Waals surface area contributed by atoms with Gasteiger partial charge in [0.05, 0.1) is 22.0 Å². The van der Waals surface area contributed by atoms with E-state index in [1.165, 1.54) is 54.4 Å². The fraction of sp³-hybridized carbons (Fsp3) is 0.231. The lowest BCUT2D eigenvalue weighted by Gasteiger charge is -2.33. The highest BCUT2D eigenvalue weighted by atomic mass is 35.5. The van der Waals surface area contributed by atoms with Gasteiger partial charge >= 0.3 is 0 Å². The molecule has 3 rings (SSSR count). The number of amides is 2. The highest BCUT2D eigenvalue weighted by Gasteiger charge is 2.32. The van der Waals surface area contributed by atoms with Gasteiger partial charge in [-0.3, -0.25) is 13.9 Å². The van der Waals surface area contributed by atoms with E-state index >= 15 is 0 Å². The lowest BCUT2D eigenvalue weighted by Crippen LogP contribution is -2.52. The first-order chi connectivity index (χ1) is 17.5. The van der Waals surface area contributed by atoms with Crippen LogP contribution in [0, 0.1) is 5.82 Å². The third kappa shape index (κ3) is 7.67. The Hall–Kier alpha value is -3.14. The van der Waals surface area contributed by atoms with E-state index < -0.39 is 40.2 Å². The molecule has 0 saturated heterocycles. The number of sulfonamides is 1. The second-order valence-electron chi connectivity index (χ2n) is 8.34. The maximum Gasteiger partial charge on any atom is 0.244 e. The van der Waals surface area contributed by atoms with Crippen LogP contribution in [0.5, 0.6) is 0 Å². The average molecular weight is 566 g/mol. The monoisotopic (exact) mass is 565 g/mol. The number of carbonyl (C=O) groups is 2. The summed E-state index contributed by atoms with van der Waals surface area (Å²) in [5, 5.41) is 2.94. The van der Waals surface area contributed by atoms with Crippen LogP contribution in [-0.4, -0.2) is 51.0 Å². The van der Waals surface area contributed by atoms with E-state index in [2.05, 4.69) is 5.32 Å². The van der Waals surface area contributed by atoms with Gasteiger partial charge in [0.15, 0.2) is 0 Å². The van der Waals surface area contributed by atoms with Crippen molar-refractivity contribution in [1.82, 2.24) is 10.2 Å². The molecule has 2 amide bonds. The third-order valence-electron chi connectivity index (χ3n) is 5.65. The molecule has 0 saturated carbocycles. The number of hydrogen-bond donors (Lipinski definition) is 1. The van der Waals surface area contributed by atoms with Crippen LogP contribution >= 0.6 is 23.2 Å². The Morgan fingerprint density at radius 1 is 0.946 bits per heavy atom. The van der Waals surface area contributed by atoms with Crippen LogP contribution in [0.2, 0.25) is 10.0 Å². The number of hydrogen-bond acceptors (Lipinski definition) is 4. The zero-order chi connectivity index (χ0) is 27.2. The topological polar surface area (TPSA) is 86.8 Å². The van der Waals surface area contributed by atoms with Gasteiger partial charge in [-0.05, 0) is 41.5 Å². The van der Waals surface area contributed by atoms with Gasteiger partial charge in [0, 0.05) is 20.0 Å². The van der Waals surface area contributed by atoms with Crippen molar-refractivity contribution in [3.05, 3.63) is 99.8 Å². The molecule has 0 aliphatic heterocycles. The summed E-state index contributed by atoms with van der Waals surface area (Å²) in [4.78, 5) is 28.1. The standard InChI is InChI=1S/C26H26Cl2FN3O4S/c1-30-26(34)24(14-18-6-4-3-5-7-18)31(16-19-8-10-20(29)11-9-19)25(33)17-32(37(2,35)36)21-12-13-22(27)23(28)15-21/h3-13,15,24H,14,16-17H2,1-2H3,(H,30,34)/t24-/m0/s1. The number of carbonyl (C=O) groups excluding carboxylic acids is 2.